The van der Waals surface area contributed by atoms with E-state index in [0.717, 1.165) is 62.1 Å². The zero-order valence-electron chi connectivity index (χ0n) is 20.3. The Labute approximate surface area is 203 Å². The van der Waals surface area contributed by atoms with Crippen molar-refractivity contribution in [1.82, 2.24) is 0 Å². The molecule has 0 aromatic heterocycles. The molecule has 180 valence electrons. The first-order chi connectivity index (χ1) is 16.7. The van der Waals surface area contributed by atoms with Crippen LogP contribution in [0.3, 0.4) is 0 Å². The van der Waals surface area contributed by atoms with E-state index < -0.39 is 0 Å². The van der Waals surface area contributed by atoms with Gasteiger partial charge in [0.1, 0.15) is 11.5 Å². The number of aryl methyl sites for hydroxylation is 1. The molecule has 2 atom stereocenters. The van der Waals surface area contributed by atoms with Gasteiger partial charge in [-0.3, -0.25) is 4.79 Å². The van der Waals surface area contributed by atoms with E-state index >= 15 is 0 Å². The minimum atomic E-state index is -0.319. The number of anilines is 1. The van der Waals surface area contributed by atoms with E-state index in [1.54, 1.807) is 0 Å². The molecule has 0 N–H and O–H groups in total. The quantitative estimate of drug-likeness (QED) is 0.228. The van der Waals surface area contributed by atoms with Gasteiger partial charge in [0.05, 0.1) is 12.7 Å². The van der Waals surface area contributed by atoms with Crippen LogP contribution in [0.1, 0.15) is 81.8 Å². The standard InChI is InChI=1S/C29H36N2O3/c1-22(32)34-28-21-26(33-18-9-3-6-13-23-11-4-2-5-12-23)20-27-29(28)24(14-10-16-30)19-25-15-7-8-17-31(25)27/h2,4-5,11-12,20-21,24-25H,3,6-10,13-15,17-19H2,1H3. The molecule has 1 saturated heterocycles. The zero-order valence-corrected chi connectivity index (χ0v) is 20.3. The van der Waals surface area contributed by atoms with Crippen molar-refractivity contribution in [3.63, 3.8) is 0 Å². The van der Waals surface area contributed by atoms with Crippen LogP contribution in [0.5, 0.6) is 11.5 Å². The van der Waals surface area contributed by atoms with E-state index in [1.807, 2.05) is 6.07 Å². The second-order valence-corrected chi connectivity index (χ2v) is 9.56. The summed E-state index contributed by atoms with van der Waals surface area (Å²) >= 11 is 0. The first-order valence-electron chi connectivity index (χ1n) is 12.8. The molecule has 0 saturated carbocycles. The summed E-state index contributed by atoms with van der Waals surface area (Å²) in [6, 6.07) is 17.4. The van der Waals surface area contributed by atoms with Gasteiger partial charge in [-0.2, -0.15) is 5.26 Å². The highest BCUT2D eigenvalue weighted by Crippen LogP contribution is 2.49. The maximum atomic E-state index is 11.9. The van der Waals surface area contributed by atoms with Crippen molar-refractivity contribution < 1.29 is 14.3 Å². The fourth-order valence-electron chi connectivity index (χ4n) is 5.51. The predicted octanol–water partition coefficient (Wildman–Crippen LogP) is 6.55. The van der Waals surface area contributed by atoms with Gasteiger partial charge in [0.2, 0.25) is 0 Å². The number of benzene rings is 2. The van der Waals surface area contributed by atoms with Crippen LogP contribution in [0.4, 0.5) is 5.69 Å². The highest BCUT2D eigenvalue weighted by Gasteiger charge is 2.36. The predicted molar refractivity (Wildman–Crippen MR) is 134 cm³/mol. The van der Waals surface area contributed by atoms with Crippen LogP contribution in [0.2, 0.25) is 0 Å². The number of nitriles is 1. The second kappa shape index (κ2) is 11.9. The highest BCUT2D eigenvalue weighted by molar-refractivity contribution is 5.74. The maximum Gasteiger partial charge on any atom is 0.308 e. The van der Waals surface area contributed by atoms with Crippen LogP contribution >= 0.6 is 0 Å². The third-order valence-corrected chi connectivity index (χ3v) is 7.07. The summed E-state index contributed by atoms with van der Waals surface area (Å²) in [6.45, 7) is 3.11. The number of piperidine rings is 1. The molecular weight excluding hydrogens is 424 g/mol. The van der Waals surface area contributed by atoms with E-state index in [-0.39, 0.29) is 11.9 Å². The Morgan fingerprint density at radius 3 is 2.79 bits per heavy atom. The third-order valence-electron chi connectivity index (χ3n) is 7.07. The Hall–Kier alpha value is -3.00. The first-order valence-corrected chi connectivity index (χ1v) is 12.8. The number of unbranched alkanes of at least 4 members (excludes halogenated alkanes) is 2. The molecule has 2 aromatic rings. The number of nitrogens with zero attached hydrogens (tertiary/aromatic N) is 2. The zero-order chi connectivity index (χ0) is 23.8. The summed E-state index contributed by atoms with van der Waals surface area (Å²) in [5.41, 5.74) is 3.60. The van der Waals surface area contributed by atoms with Crippen LogP contribution in [0.25, 0.3) is 0 Å². The smallest absolute Gasteiger partial charge is 0.308 e. The van der Waals surface area contributed by atoms with Crippen LogP contribution < -0.4 is 14.4 Å². The normalized spacial score (nSPS) is 19.0. The van der Waals surface area contributed by atoms with Crippen molar-refractivity contribution in [2.75, 3.05) is 18.1 Å². The summed E-state index contributed by atoms with van der Waals surface area (Å²) in [6.07, 6.45) is 10.3. The lowest BCUT2D eigenvalue weighted by Crippen LogP contribution is -2.44. The number of esters is 1. The van der Waals surface area contributed by atoms with Crippen LogP contribution in [-0.2, 0) is 11.2 Å². The van der Waals surface area contributed by atoms with Gasteiger partial charge in [-0.25, -0.2) is 0 Å². The molecule has 4 rings (SSSR count). The number of ether oxygens (including phenoxy) is 2. The van der Waals surface area contributed by atoms with Crippen LogP contribution in [0.15, 0.2) is 42.5 Å². The summed E-state index contributed by atoms with van der Waals surface area (Å²) in [4.78, 5) is 14.4. The third kappa shape index (κ3) is 6.11. The van der Waals surface area contributed by atoms with E-state index in [0.29, 0.717) is 24.8 Å². The maximum absolute atomic E-state index is 11.9. The van der Waals surface area contributed by atoms with Crippen LogP contribution in [0, 0.1) is 11.3 Å². The van der Waals surface area contributed by atoms with Gasteiger partial charge >= 0.3 is 5.97 Å². The monoisotopic (exact) mass is 460 g/mol. The Morgan fingerprint density at radius 2 is 2.00 bits per heavy atom. The molecule has 2 heterocycles. The Kier molecular flexibility index (Phi) is 8.46. The largest absolute Gasteiger partial charge is 0.493 e. The molecule has 0 radical (unpaired) electrons. The van der Waals surface area contributed by atoms with Crippen molar-refractivity contribution in [3.8, 4) is 17.6 Å². The molecular formula is C29H36N2O3. The van der Waals surface area contributed by atoms with Crippen molar-refractivity contribution in [2.45, 2.75) is 83.1 Å². The van der Waals surface area contributed by atoms with Crippen molar-refractivity contribution in [1.29, 1.82) is 5.26 Å². The van der Waals surface area contributed by atoms with Crippen molar-refractivity contribution >= 4 is 11.7 Å². The van der Waals surface area contributed by atoms with E-state index in [9.17, 15) is 10.1 Å². The van der Waals surface area contributed by atoms with E-state index in [2.05, 4.69) is 47.4 Å². The summed E-state index contributed by atoms with van der Waals surface area (Å²) in [7, 11) is 0. The van der Waals surface area contributed by atoms with Gasteiger partial charge in [0, 0.05) is 49.3 Å². The fraction of sp³-hybridized carbons (Fsp3) is 0.517. The minimum Gasteiger partial charge on any atom is -0.493 e. The lowest BCUT2D eigenvalue weighted by atomic mass is 9.79. The number of hydrogen-bond donors (Lipinski definition) is 0. The topological polar surface area (TPSA) is 62.6 Å². The SMILES string of the molecule is CC(=O)Oc1cc(OCCCCCc2ccccc2)cc2c1C(CCC#N)CC1CCCCN21. The van der Waals surface area contributed by atoms with Gasteiger partial charge in [-0.15, -0.1) is 0 Å². The number of rotatable bonds is 10. The summed E-state index contributed by atoms with van der Waals surface area (Å²) in [5.74, 6) is 1.29. The Bertz CT molecular complexity index is 998. The van der Waals surface area contributed by atoms with Crippen LogP contribution in [-0.4, -0.2) is 25.2 Å². The molecule has 34 heavy (non-hydrogen) atoms. The lowest BCUT2D eigenvalue weighted by Gasteiger charge is -2.45. The molecule has 5 nitrogen and oxygen atoms in total. The average molecular weight is 461 g/mol. The van der Waals surface area contributed by atoms with E-state index in [1.165, 1.54) is 31.7 Å². The minimum absolute atomic E-state index is 0.232. The Balaban J connectivity index is 1.46. The van der Waals surface area contributed by atoms with Gasteiger partial charge in [-0.1, -0.05) is 30.3 Å². The molecule has 2 aliphatic rings. The molecule has 2 aliphatic heterocycles. The Morgan fingerprint density at radius 1 is 1.15 bits per heavy atom. The second-order valence-electron chi connectivity index (χ2n) is 9.56. The van der Waals surface area contributed by atoms with Crippen molar-refractivity contribution in [2.24, 2.45) is 0 Å². The van der Waals surface area contributed by atoms with Gasteiger partial charge in [0.25, 0.3) is 0 Å². The number of hydrogen-bond acceptors (Lipinski definition) is 5. The molecule has 2 aromatic carbocycles. The summed E-state index contributed by atoms with van der Waals surface area (Å²) < 4.78 is 11.9. The lowest BCUT2D eigenvalue weighted by molar-refractivity contribution is -0.131. The average Bonchev–Trinajstić information content (AvgIpc) is 2.85. The van der Waals surface area contributed by atoms with Crippen molar-refractivity contribution in [3.05, 3.63) is 53.6 Å². The molecule has 0 aliphatic carbocycles. The number of carbonyl (C=O) groups excluding carboxylic acids is 1. The molecule has 2 unspecified atom stereocenters. The molecule has 0 amide bonds. The fourth-order valence-corrected chi connectivity index (χ4v) is 5.51. The number of fused-ring (bicyclic) bond motifs is 3. The molecule has 0 bridgehead atoms. The molecule has 1 fully saturated rings. The molecule has 0 spiro atoms. The van der Waals surface area contributed by atoms with Gasteiger partial charge < -0.3 is 14.4 Å². The van der Waals surface area contributed by atoms with E-state index in [4.69, 9.17) is 9.47 Å². The van der Waals surface area contributed by atoms with Gasteiger partial charge in [0.15, 0.2) is 0 Å². The first kappa shape index (κ1) is 24.1. The summed E-state index contributed by atoms with van der Waals surface area (Å²) in [5, 5.41) is 9.19. The number of carbonyl (C=O) groups is 1. The van der Waals surface area contributed by atoms with Gasteiger partial charge in [-0.05, 0) is 69.3 Å². The molecule has 5 heteroatoms. The highest BCUT2D eigenvalue weighted by atomic mass is 16.5.